The molecule has 1 aliphatic heterocycles. The van der Waals surface area contributed by atoms with Crippen molar-refractivity contribution in [3.8, 4) is 11.5 Å². The molecule has 0 unspecified atom stereocenters. The highest BCUT2D eigenvalue weighted by Crippen LogP contribution is 2.34. The van der Waals surface area contributed by atoms with Crippen molar-refractivity contribution in [3.05, 3.63) is 59.2 Å². The van der Waals surface area contributed by atoms with Crippen molar-refractivity contribution in [1.29, 1.82) is 0 Å². The van der Waals surface area contributed by atoms with E-state index in [-0.39, 0.29) is 4.91 Å². The summed E-state index contributed by atoms with van der Waals surface area (Å²) in [5.41, 5.74) is 2.98. The Hall–Kier alpha value is -2.80. The Morgan fingerprint density at radius 3 is 2.04 bits per heavy atom. The first-order chi connectivity index (χ1) is 13.2. The molecule has 6 nitrogen and oxygen atoms in total. The van der Waals surface area contributed by atoms with Gasteiger partial charge in [0.2, 0.25) is 0 Å². The number of nitrogens with zero attached hydrogens (tertiary/aromatic N) is 1. The van der Waals surface area contributed by atoms with E-state index in [2.05, 4.69) is 23.6 Å². The largest absolute Gasteiger partial charge is 0.497 e. The standard InChI is InChI=1S/C21H24N2O4S/c1-13(2)15-6-8-16(9-7-15)20-14(3)21(23-28(20,24)25)22-17-10-18(26-4)12-19(11-17)27-5/h6-13H,1-5H3,(H,22,23). The average Bonchev–Trinajstić information content (AvgIpc) is 2.89. The van der Waals surface area contributed by atoms with Gasteiger partial charge in [0.05, 0.1) is 14.2 Å². The summed E-state index contributed by atoms with van der Waals surface area (Å²) in [7, 11) is -0.669. The van der Waals surface area contributed by atoms with Gasteiger partial charge in [0.1, 0.15) is 22.2 Å². The molecule has 0 saturated carbocycles. The third-order valence-corrected chi connectivity index (χ3v) is 6.10. The normalized spacial score (nSPS) is 15.6. The molecule has 2 aromatic carbocycles. The van der Waals surface area contributed by atoms with Crippen LogP contribution in [0, 0.1) is 0 Å². The molecule has 2 aromatic rings. The highest BCUT2D eigenvalue weighted by atomic mass is 32.2. The predicted octanol–water partition coefficient (Wildman–Crippen LogP) is 4.41. The van der Waals surface area contributed by atoms with Crippen molar-refractivity contribution in [3.63, 3.8) is 0 Å². The van der Waals surface area contributed by atoms with Gasteiger partial charge in [0.15, 0.2) is 0 Å². The summed E-state index contributed by atoms with van der Waals surface area (Å²) in [5, 5.41) is 3.08. The summed E-state index contributed by atoms with van der Waals surface area (Å²) in [6.45, 7) is 5.94. The number of benzene rings is 2. The van der Waals surface area contributed by atoms with Gasteiger partial charge in [0.25, 0.3) is 10.0 Å². The second-order valence-electron chi connectivity index (χ2n) is 6.87. The van der Waals surface area contributed by atoms with Gasteiger partial charge in [-0.3, -0.25) is 0 Å². The van der Waals surface area contributed by atoms with Crippen molar-refractivity contribution in [2.75, 3.05) is 19.5 Å². The smallest absolute Gasteiger partial charge is 0.285 e. The van der Waals surface area contributed by atoms with Gasteiger partial charge in [-0.25, -0.2) is 0 Å². The number of methoxy groups -OCH3 is 2. The number of rotatable bonds is 5. The minimum Gasteiger partial charge on any atom is -0.497 e. The van der Waals surface area contributed by atoms with Crippen LogP contribution in [0.5, 0.6) is 11.5 Å². The number of hydrogen-bond acceptors (Lipinski definition) is 5. The maximum absolute atomic E-state index is 12.7. The summed E-state index contributed by atoms with van der Waals surface area (Å²) < 4.78 is 39.9. The van der Waals surface area contributed by atoms with Crippen LogP contribution in [0.15, 0.2) is 52.4 Å². The maximum atomic E-state index is 12.7. The van der Waals surface area contributed by atoms with E-state index in [1.165, 1.54) is 0 Å². The lowest BCUT2D eigenvalue weighted by Gasteiger charge is -2.11. The first-order valence-corrected chi connectivity index (χ1v) is 10.4. The number of anilines is 1. The number of amidine groups is 1. The first-order valence-electron chi connectivity index (χ1n) is 8.92. The maximum Gasteiger partial charge on any atom is 0.285 e. The molecule has 0 radical (unpaired) electrons. The Balaban J connectivity index is 1.98. The number of ether oxygens (including phenoxy) is 2. The zero-order valence-electron chi connectivity index (χ0n) is 16.6. The molecule has 0 bridgehead atoms. The first kappa shape index (κ1) is 19.9. The van der Waals surface area contributed by atoms with Crippen molar-refractivity contribution in [2.24, 2.45) is 4.40 Å². The fourth-order valence-electron chi connectivity index (χ4n) is 3.05. The molecule has 1 N–H and O–H groups in total. The molecule has 1 aliphatic rings. The second-order valence-corrected chi connectivity index (χ2v) is 8.41. The molecule has 3 rings (SSSR count). The zero-order chi connectivity index (χ0) is 20.5. The van der Waals surface area contributed by atoms with Crippen LogP contribution in [0.2, 0.25) is 0 Å². The van der Waals surface area contributed by atoms with E-state index in [0.717, 1.165) is 5.56 Å². The van der Waals surface area contributed by atoms with Gasteiger partial charge in [-0.05, 0) is 24.0 Å². The number of nitrogens with one attached hydrogen (secondary N) is 1. The molecule has 0 amide bonds. The molecule has 0 atom stereocenters. The van der Waals surface area contributed by atoms with Crippen molar-refractivity contribution >= 4 is 26.5 Å². The van der Waals surface area contributed by atoms with Crippen molar-refractivity contribution in [2.45, 2.75) is 26.7 Å². The SMILES string of the molecule is COc1cc(NC2=NS(=O)(=O)C(c3ccc(C(C)C)cc3)=C2C)cc(OC)c1. The highest BCUT2D eigenvalue weighted by Gasteiger charge is 2.31. The molecule has 1 heterocycles. The van der Waals surface area contributed by atoms with E-state index in [9.17, 15) is 8.42 Å². The van der Waals surface area contributed by atoms with Gasteiger partial charge in [0, 0.05) is 29.5 Å². The van der Waals surface area contributed by atoms with Gasteiger partial charge in [-0.15, -0.1) is 4.40 Å². The molecule has 0 fully saturated rings. The van der Waals surface area contributed by atoms with Crippen LogP contribution in [0.1, 0.15) is 37.8 Å². The molecule has 28 heavy (non-hydrogen) atoms. The van der Waals surface area contributed by atoms with E-state index in [4.69, 9.17) is 9.47 Å². The molecule has 7 heteroatoms. The molecule has 0 spiro atoms. The predicted molar refractivity (Wildman–Crippen MR) is 113 cm³/mol. The Morgan fingerprint density at radius 2 is 1.54 bits per heavy atom. The number of hydrogen-bond donors (Lipinski definition) is 1. The topological polar surface area (TPSA) is 77.0 Å². The minimum atomic E-state index is -3.78. The molecule has 0 aromatic heterocycles. The molecule has 148 valence electrons. The van der Waals surface area contributed by atoms with Crippen LogP contribution in [-0.4, -0.2) is 28.5 Å². The van der Waals surface area contributed by atoms with Gasteiger partial charge in [-0.1, -0.05) is 38.1 Å². The van der Waals surface area contributed by atoms with E-state index in [1.807, 2.05) is 24.3 Å². The van der Waals surface area contributed by atoms with Crippen LogP contribution >= 0.6 is 0 Å². The lowest BCUT2D eigenvalue weighted by atomic mass is 10.0. The van der Waals surface area contributed by atoms with Crippen LogP contribution < -0.4 is 14.8 Å². The quantitative estimate of drug-likeness (QED) is 0.804. The summed E-state index contributed by atoms with van der Waals surface area (Å²) in [5.74, 6) is 1.85. The molecular weight excluding hydrogens is 376 g/mol. The van der Waals surface area contributed by atoms with Gasteiger partial charge < -0.3 is 14.8 Å². The van der Waals surface area contributed by atoms with Crippen molar-refractivity contribution in [1.82, 2.24) is 0 Å². The second kappa shape index (κ2) is 7.67. The summed E-state index contributed by atoms with van der Waals surface area (Å²) in [6.07, 6.45) is 0. The van der Waals surface area contributed by atoms with E-state index < -0.39 is 10.0 Å². The van der Waals surface area contributed by atoms with E-state index in [1.54, 1.807) is 39.3 Å². The fourth-order valence-corrected chi connectivity index (χ4v) is 4.48. The van der Waals surface area contributed by atoms with E-state index in [0.29, 0.717) is 40.1 Å². The minimum absolute atomic E-state index is 0.222. The molecule has 0 saturated heterocycles. The Kier molecular flexibility index (Phi) is 5.47. The summed E-state index contributed by atoms with van der Waals surface area (Å²) in [6, 6.07) is 12.8. The van der Waals surface area contributed by atoms with Gasteiger partial charge >= 0.3 is 0 Å². The van der Waals surface area contributed by atoms with Crippen LogP contribution in [0.25, 0.3) is 4.91 Å². The van der Waals surface area contributed by atoms with Crippen LogP contribution in [0.4, 0.5) is 5.69 Å². The van der Waals surface area contributed by atoms with Gasteiger partial charge in [-0.2, -0.15) is 8.42 Å². The van der Waals surface area contributed by atoms with Crippen LogP contribution in [0.3, 0.4) is 0 Å². The van der Waals surface area contributed by atoms with Crippen molar-refractivity contribution < 1.29 is 17.9 Å². The Labute approximate surface area is 166 Å². The van der Waals surface area contributed by atoms with Crippen LogP contribution in [-0.2, 0) is 10.0 Å². The molecule has 0 aliphatic carbocycles. The summed E-state index contributed by atoms with van der Waals surface area (Å²) >= 11 is 0. The Bertz CT molecular complexity index is 1030. The Morgan fingerprint density at radius 1 is 0.964 bits per heavy atom. The third-order valence-electron chi connectivity index (χ3n) is 4.62. The third kappa shape index (κ3) is 3.89. The number of sulfonamides is 1. The summed E-state index contributed by atoms with van der Waals surface area (Å²) in [4.78, 5) is 0.222. The monoisotopic (exact) mass is 400 g/mol. The molecular formula is C21H24N2O4S. The average molecular weight is 401 g/mol. The lowest BCUT2D eigenvalue weighted by Crippen LogP contribution is -2.11. The lowest BCUT2D eigenvalue weighted by molar-refractivity contribution is 0.395. The highest BCUT2D eigenvalue weighted by molar-refractivity contribution is 8.00. The zero-order valence-corrected chi connectivity index (χ0v) is 17.4. The fraction of sp³-hybridized carbons (Fsp3) is 0.286. The van der Waals surface area contributed by atoms with E-state index >= 15 is 0 Å².